The zero-order valence-electron chi connectivity index (χ0n) is 13.9. The van der Waals surface area contributed by atoms with Gasteiger partial charge in [-0.1, -0.05) is 13.3 Å². The highest BCUT2D eigenvalue weighted by molar-refractivity contribution is 5.84. The second-order valence-corrected chi connectivity index (χ2v) is 9.21. The second kappa shape index (κ2) is 4.36. The molecule has 3 heteroatoms. The van der Waals surface area contributed by atoms with Crippen LogP contribution in [0, 0.1) is 34.0 Å². The molecule has 1 spiro atoms. The minimum absolute atomic E-state index is 0.124. The lowest BCUT2D eigenvalue weighted by atomic mass is 9.41. The van der Waals surface area contributed by atoms with Gasteiger partial charge in [0.25, 0.3) is 0 Å². The Morgan fingerprint density at radius 3 is 2.59 bits per heavy atom. The summed E-state index contributed by atoms with van der Waals surface area (Å²) in [4.78, 5) is 24.3. The van der Waals surface area contributed by atoms with Crippen molar-refractivity contribution >= 4 is 11.8 Å². The topological polar surface area (TPSA) is 54.4 Å². The SMILES string of the molecule is C[C@@]12CCC[C@@](C)(C(=O)O)C1CCC13CC(=O)C(CCC12)C3. The molecule has 0 saturated heterocycles. The molecule has 0 heterocycles. The van der Waals surface area contributed by atoms with Crippen molar-refractivity contribution < 1.29 is 14.7 Å². The van der Waals surface area contributed by atoms with Gasteiger partial charge in [-0.3, -0.25) is 9.59 Å². The fraction of sp³-hybridized carbons (Fsp3) is 0.895. The van der Waals surface area contributed by atoms with Crippen LogP contribution in [-0.2, 0) is 9.59 Å². The van der Waals surface area contributed by atoms with Gasteiger partial charge in [0, 0.05) is 12.3 Å². The van der Waals surface area contributed by atoms with Crippen LogP contribution < -0.4 is 0 Å². The zero-order chi connectivity index (χ0) is 15.8. The van der Waals surface area contributed by atoms with Crippen molar-refractivity contribution in [1.29, 1.82) is 0 Å². The van der Waals surface area contributed by atoms with Crippen LogP contribution in [-0.4, -0.2) is 16.9 Å². The summed E-state index contributed by atoms with van der Waals surface area (Å²) in [5, 5.41) is 9.86. The largest absolute Gasteiger partial charge is 0.481 e. The Kier molecular flexibility index (Phi) is 2.92. The fourth-order valence-corrected chi connectivity index (χ4v) is 7.43. The number of carbonyl (C=O) groups excluding carboxylic acids is 1. The number of rotatable bonds is 1. The molecule has 4 aliphatic rings. The third kappa shape index (κ3) is 1.63. The van der Waals surface area contributed by atoms with Gasteiger partial charge in [0.15, 0.2) is 0 Å². The lowest BCUT2D eigenvalue weighted by Gasteiger charge is -2.63. The number of carbonyl (C=O) groups is 2. The standard InChI is InChI=1S/C19H28O3/c1-17-7-3-8-18(2,16(21)22)14(17)6-9-19-10-12(13(20)11-19)4-5-15(17)19/h12,14-15H,3-11H2,1-2H3,(H,21,22)/t12?,14?,15?,17-,18-,19?/m1/s1. The van der Waals surface area contributed by atoms with E-state index in [4.69, 9.17) is 0 Å². The molecule has 4 saturated carbocycles. The van der Waals surface area contributed by atoms with E-state index in [1.54, 1.807) is 0 Å². The number of carboxylic acids is 1. The summed E-state index contributed by atoms with van der Waals surface area (Å²) < 4.78 is 0. The number of hydrogen-bond donors (Lipinski definition) is 1. The highest BCUT2D eigenvalue weighted by Crippen LogP contribution is 2.70. The molecule has 0 aromatic rings. The van der Waals surface area contributed by atoms with Gasteiger partial charge < -0.3 is 5.11 Å². The number of ketones is 1. The van der Waals surface area contributed by atoms with Gasteiger partial charge in [0.1, 0.15) is 5.78 Å². The molecule has 0 aliphatic heterocycles. The van der Waals surface area contributed by atoms with Crippen molar-refractivity contribution in [3.05, 3.63) is 0 Å². The van der Waals surface area contributed by atoms with E-state index < -0.39 is 11.4 Å². The smallest absolute Gasteiger partial charge is 0.309 e. The van der Waals surface area contributed by atoms with Crippen molar-refractivity contribution in [2.24, 2.45) is 34.0 Å². The summed E-state index contributed by atoms with van der Waals surface area (Å²) >= 11 is 0. The zero-order valence-corrected chi connectivity index (χ0v) is 13.9. The molecule has 22 heavy (non-hydrogen) atoms. The van der Waals surface area contributed by atoms with Crippen molar-refractivity contribution in [3.8, 4) is 0 Å². The minimum atomic E-state index is -0.601. The van der Waals surface area contributed by atoms with E-state index >= 15 is 0 Å². The first-order valence-electron chi connectivity index (χ1n) is 9.08. The average Bonchev–Trinajstić information content (AvgIpc) is 2.68. The number of aliphatic carboxylic acids is 1. The van der Waals surface area contributed by atoms with Gasteiger partial charge in [-0.2, -0.15) is 0 Å². The molecule has 1 N–H and O–H groups in total. The molecular weight excluding hydrogens is 276 g/mol. The van der Waals surface area contributed by atoms with Crippen LogP contribution in [0.4, 0.5) is 0 Å². The molecule has 4 aliphatic carbocycles. The van der Waals surface area contributed by atoms with Crippen LogP contribution >= 0.6 is 0 Å². The Hall–Kier alpha value is -0.860. The van der Waals surface area contributed by atoms with Crippen LogP contribution in [0.2, 0.25) is 0 Å². The van der Waals surface area contributed by atoms with Gasteiger partial charge in [0.05, 0.1) is 5.41 Å². The summed E-state index contributed by atoms with van der Waals surface area (Å²) in [7, 11) is 0. The van der Waals surface area contributed by atoms with Crippen molar-refractivity contribution in [3.63, 3.8) is 0 Å². The molecule has 4 rings (SSSR count). The summed E-state index contributed by atoms with van der Waals surface area (Å²) in [6.45, 7) is 4.35. The molecule has 4 fully saturated rings. The third-order valence-electron chi connectivity index (χ3n) is 8.37. The van der Waals surface area contributed by atoms with Crippen LogP contribution in [0.25, 0.3) is 0 Å². The van der Waals surface area contributed by atoms with Crippen LogP contribution in [0.1, 0.15) is 71.6 Å². The summed E-state index contributed by atoms with van der Waals surface area (Å²) in [5.41, 5.74) is -0.213. The first kappa shape index (κ1) is 14.7. The quantitative estimate of drug-likeness (QED) is 0.795. The Morgan fingerprint density at radius 1 is 1.09 bits per heavy atom. The summed E-state index contributed by atoms with van der Waals surface area (Å²) in [6.07, 6.45) is 9.20. The van der Waals surface area contributed by atoms with Gasteiger partial charge in [-0.05, 0) is 74.5 Å². The molecule has 0 aromatic heterocycles. The van der Waals surface area contributed by atoms with E-state index in [0.29, 0.717) is 17.6 Å². The minimum Gasteiger partial charge on any atom is -0.481 e. The molecule has 2 bridgehead atoms. The van der Waals surface area contributed by atoms with Crippen molar-refractivity contribution in [2.45, 2.75) is 71.6 Å². The van der Waals surface area contributed by atoms with Crippen LogP contribution in [0.3, 0.4) is 0 Å². The molecule has 3 nitrogen and oxygen atoms in total. The van der Waals surface area contributed by atoms with Crippen LogP contribution in [0.15, 0.2) is 0 Å². The average molecular weight is 304 g/mol. The van der Waals surface area contributed by atoms with Gasteiger partial charge in [-0.15, -0.1) is 0 Å². The number of fused-ring (bicyclic) bond motifs is 3. The number of Topliss-reactive ketones (excluding diaryl/α,β-unsaturated/α-hetero) is 1. The Bertz CT molecular complexity index is 541. The van der Waals surface area contributed by atoms with E-state index in [1.165, 1.54) is 0 Å². The maximum Gasteiger partial charge on any atom is 0.309 e. The molecule has 0 radical (unpaired) electrons. The molecule has 0 amide bonds. The number of carboxylic acid groups (broad SMARTS) is 1. The number of hydrogen-bond acceptors (Lipinski definition) is 2. The van der Waals surface area contributed by atoms with Crippen molar-refractivity contribution in [1.82, 2.24) is 0 Å². The van der Waals surface area contributed by atoms with Crippen LogP contribution in [0.5, 0.6) is 0 Å². The van der Waals surface area contributed by atoms with E-state index in [1.807, 2.05) is 6.92 Å². The highest BCUT2D eigenvalue weighted by atomic mass is 16.4. The first-order chi connectivity index (χ1) is 10.3. The predicted molar refractivity (Wildman–Crippen MR) is 83.3 cm³/mol. The maximum atomic E-state index is 12.3. The molecule has 4 unspecified atom stereocenters. The van der Waals surface area contributed by atoms with E-state index in [2.05, 4.69) is 6.92 Å². The lowest BCUT2D eigenvalue weighted by Crippen LogP contribution is -2.58. The van der Waals surface area contributed by atoms with E-state index in [0.717, 1.165) is 57.8 Å². The first-order valence-corrected chi connectivity index (χ1v) is 9.08. The molecule has 122 valence electrons. The normalized spacial score (nSPS) is 53.7. The molecule has 0 aromatic carbocycles. The molecular formula is C19H28O3. The van der Waals surface area contributed by atoms with Gasteiger partial charge in [0.2, 0.25) is 0 Å². The van der Waals surface area contributed by atoms with E-state index in [-0.39, 0.29) is 16.7 Å². The fourth-order valence-electron chi connectivity index (χ4n) is 7.43. The second-order valence-electron chi connectivity index (χ2n) is 9.21. The third-order valence-corrected chi connectivity index (χ3v) is 8.37. The summed E-state index contributed by atoms with van der Waals surface area (Å²) in [6, 6.07) is 0. The highest BCUT2D eigenvalue weighted by Gasteiger charge is 2.65. The Morgan fingerprint density at radius 2 is 1.86 bits per heavy atom. The molecule has 6 atom stereocenters. The lowest BCUT2D eigenvalue weighted by molar-refractivity contribution is -0.181. The Balaban J connectivity index is 1.75. The van der Waals surface area contributed by atoms with Gasteiger partial charge >= 0.3 is 5.97 Å². The van der Waals surface area contributed by atoms with Crippen molar-refractivity contribution in [2.75, 3.05) is 0 Å². The monoisotopic (exact) mass is 304 g/mol. The van der Waals surface area contributed by atoms with Gasteiger partial charge in [-0.25, -0.2) is 0 Å². The maximum absolute atomic E-state index is 12.3. The predicted octanol–water partition coefficient (Wildman–Crippen LogP) is 4.05. The Labute approximate surface area is 132 Å². The summed E-state index contributed by atoms with van der Waals surface area (Å²) in [5.74, 6) is 1.08. The van der Waals surface area contributed by atoms with E-state index in [9.17, 15) is 14.7 Å².